The minimum absolute atomic E-state index is 0. The van der Waals surface area contributed by atoms with Crippen molar-refractivity contribution < 1.29 is 269 Å². The van der Waals surface area contributed by atoms with Gasteiger partial charge in [0.25, 0.3) is 29.1 Å². The van der Waals surface area contributed by atoms with Crippen molar-refractivity contribution in [1.29, 1.82) is 0 Å². The number of imide groups is 2. The fourth-order valence-corrected chi connectivity index (χ4v) is 12.2. The molecule has 2 fully saturated rings. The topological polar surface area (TPSA) is 396 Å². The molecule has 10 rings (SSSR count). The van der Waals surface area contributed by atoms with Gasteiger partial charge in [0.15, 0.2) is 12.3 Å². The number of ether oxygens (including phenoxy) is 1. The zero-order valence-electron chi connectivity index (χ0n) is 45.6. The van der Waals surface area contributed by atoms with E-state index in [1.807, 2.05) is 0 Å². The van der Waals surface area contributed by atoms with E-state index in [1.165, 1.54) is 65.3 Å². The maximum atomic E-state index is 13.3. The van der Waals surface area contributed by atoms with Crippen LogP contribution < -0.4 is 174 Å². The second-order valence-electron chi connectivity index (χ2n) is 18.8. The number of rotatable bonds is 23. The fraction of sp³-hybridized carbons (Fsp3) is 0.275. The largest absolute Gasteiger partial charge is 1.00 e. The normalized spacial score (nSPS) is 15.3. The number of hydroxylamine groups is 4. The summed E-state index contributed by atoms with van der Waals surface area (Å²) >= 11 is 0.505. The Bertz CT molecular complexity index is 4320. The van der Waals surface area contributed by atoms with Crippen molar-refractivity contribution in [2.24, 2.45) is 0 Å². The second-order valence-corrected chi connectivity index (χ2v) is 23.5. The van der Waals surface area contributed by atoms with Crippen molar-refractivity contribution in [2.45, 2.75) is 103 Å². The molecule has 0 atom stereocenters. The number of oxazole rings is 1. The van der Waals surface area contributed by atoms with Crippen LogP contribution in [0.15, 0.2) is 112 Å². The molecular formula is C51H41K3N4O24S4. The predicted octanol–water partition coefficient (Wildman–Crippen LogP) is -3.88. The van der Waals surface area contributed by atoms with Crippen LogP contribution in [-0.4, -0.2) is 91.2 Å². The van der Waals surface area contributed by atoms with Crippen LogP contribution in [0.5, 0.6) is 5.75 Å². The average molecular weight is 1340 g/mol. The molecule has 3 aromatic heterocycles. The van der Waals surface area contributed by atoms with Gasteiger partial charge in [0.05, 0.1) is 40.2 Å². The molecule has 3 aliphatic heterocycles. The number of furan rings is 2. The Hall–Kier alpha value is -3.14. The van der Waals surface area contributed by atoms with Gasteiger partial charge in [-0.3, -0.25) is 24.2 Å². The van der Waals surface area contributed by atoms with Crippen molar-refractivity contribution in [3.8, 4) is 5.75 Å². The molecule has 0 saturated carbocycles. The van der Waals surface area contributed by atoms with Crippen molar-refractivity contribution >= 4 is 145 Å². The summed E-state index contributed by atoms with van der Waals surface area (Å²) in [5, 5.41) is 14.3. The maximum absolute atomic E-state index is 13.3. The monoisotopic (exact) mass is 1340 g/mol. The third-order valence-corrected chi connectivity index (χ3v) is 16.5. The number of aryl methyl sites for hydroxylation is 1. The number of nitrogens with zero attached hydrogens (tertiary/aromatic N) is 4. The van der Waals surface area contributed by atoms with Gasteiger partial charge in [-0.25, -0.2) is 34.8 Å². The Labute approximate surface area is 618 Å². The number of fused-ring (bicyclic) bond motifs is 8. The van der Waals surface area contributed by atoms with Crippen LogP contribution in [0.4, 0.5) is 5.69 Å². The number of anilines is 1. The van der Waals surface area contributed by atoms with Gasteiger partial charge in [0.2, 0.25) is 11.5 Å². The van der Waals surface area contributed by atoms with E-state index in [2.05, 4.69) is 9.37 Å². The molecule has 3 aliphatic rings. The first-order valence-corrected chi connectivity index (χ1v) is 30.0. The van der Waals surface area contributed by atoms with Gasteiger partial charge < -0.3 is 51.5 Å². The number of carbonyl (C=O) groups excluding carboxylic acids is 6. The van der Waals surface area contributed by atoms with E-state index in [-0.39, 0.29) is 303 Å². The van der Waals surface area contributed by atoms with E-state index in [1.54, 1.807) is 4.90 Å². The van der Waals surface area contributed by atoms with Crippen LogP contribution in [0.1, 0.15) is 82.9 Å². The molecule has 28 nitrogen and oxygen atoms in total. The molecule has 2 saturated heterocycles. The van der Waals surface area contributed by atoms with Crippen molar-refractivity contribution in [3.05, 3.63) is 84.6 Å². The molecule has 4 amide bonds. The molecule has 0 bridgehead atoms. The molecule has 86 heavy (non-hydrogen) atoms. The number of hydrogen-bond acceptors (Lipinski definition) is 26. The Morgan fingerprint density at radius 3 is 1.77 bits per heavy atom. The quantitative estimate of drug-likeness (QED) is 0.00680. The predicted molar refractivity (Wildman–Crippen MR) is 275 cm³/mol. The summed E-state index contributed by atoms with van der Waals surface area (Å²) in [6.07, 6.45) is 8.05. The minimum atomic E-state index is -5.49. The molecule has 0 spiro atoms. The number of hydrogen-bond donors (Lipinski definition) is 0. The standard InChI is InChI=1S/C51H44N4O24S4.3K/c56-38-18-19-39(57)54(38)76-44(60)12-6-2-8-22-52-32-26-36-46(30-24-28(80-79-78-62)14-16-34(30)72-36)50(82(66,67)68)48(32)74-42(52)10-4-1-5-11-43-53(23-9-3-7-13-45(61)77-55-40(58)20-21-41(55)59)33-27-37-47(51(49(33)75-43)83(69,70)71)31-25-29(81(63,64)65)15-17-35(31)73-37;;;/h1,4-5,10-11,14-17,24-27H,2-3,6-9,12-13,18-23H2,(H3-,62,63,64,65,66,67,68,69,70,71);;;/q;3*+1/p-3. The molecule has 0 radical (unpaired) electrons. The Kier molecular flexibility index (Phi) is 24.1. The minimum Gasteiger partial charge on any atom is -0.744 e. The molecule has 0 N–H and O–H groups in total. The molecule has 6 heterocycles. The summed E-state index contributed by atoms with van der Waals surface area (Å²) in [5.74, 6) is -4.66. The first-order valence-electron chi connectivity index (χ1n) is 25.0. The zero-order chi connectivity index (χ0) is 59.1. The van der Waals surface area contributed by atoms with E-state index >= 15 is 0 Å². The number of benzene rings is 4. The van der Waals surface area contributed by atoms with E-state index in [4.69, 9.17) is 27.7 Å². The summed E-state index contributed by atoms with van der Waals surface area (Å²) in [6, 6.07) is 10.1. The van der Waals surface area contributed by atoms with Gasteiger partial charge in [0.1, 0.15) is 62.5 Å². The Balaban J connectivity index is 0.00000353. The van der Waals surface area contributed by atoms with E-state index in [0.717, 1.165) is 18.2 Å². The molecule has 0 aliphatic carbocycles. The van der Waals surface area contributed by atoms with Crippen molar-refractivity contribution in [1.82, 2.24) is 10.1 Å². The van der Waals surface area contributed by atoms with Crippen LogP contribution in [0.25, 0.3) is 61.1 Å². The SMILES string of the molecule is O=C(CCCCCN1/C(=C/C=C/C=C/c2oc3c(S(=O)(=O)[O-])c4c(cc3[n+]2CCCCCC(=O)ON2C(=O)CCC2=O)oc2ccc(S(=O)(=O)[O-])cc24)Oc2c1cc1oc3ccc(SOO[O-])cc3c1c2S(=O)(=O)[O-])ON1C(=O)CCC1=O.[K+].[K+].[K+]. The van der Waals surface area contributed by atoms with E-state index in [9.17, 15) is 72.9 Å². The number of amides is 4. The van der Waals surface area contributed by atoms with Gasteiger partial charge in [-0.1, -0.05) is 24.6 Å². The third-order valence-electron chi connectivity index (χ3n) is 13.3. The summed E-state index contributed by atoms with van der Waals surface area (Å²) in [4.78, 5) is 82.1. The maximum Gasteiger partial charge on any atom is 1.00 e. The Morgan fingerprint density at radius 2 is 1.19 bits per heavy atom. The van der Waals surface area contributed by atoms with Gasteiger partial charge in [-0.15, -0.1) is 10.1 Å². The van der Waals surface area contributed by atoms with Crippen molar-refractivity contribution in [2.75, 3.05) is 11.4 Å². The molecule has 4 aromatic carbocycles. The smallest absolute Gasteiger partial charge is 0.744 e. The number of allylic oxidation sites excluding steroid dienone is 4. The van der Waals surface area contributed by atoms with E-state index in [0.29, 0.717) is 41.4 Å². The van der Waals surface area contributed by atoms with Gasteiger partial charge >= 0.3 is 172 Å². The number of carbonyl (C=O) groups is 6. The fourth-order valence-electron chi connectivity index (χ4n) is 9.69. The molecule has 7 aromatic rings. The van der Waals surface area contributed by atoms with E-state index < -0.39 is 86.2 Å². The first-order chi connectivity index (χ1) is 39.5. The molecule has 0 unspecified atom stereocenters. The van der Waals surface area contributed by atoms with Crippen LogP contribution in [0.3, 0.4) is 0 Å². The van der Waals surface area contributed by atoms with Crippen molar-refractivity contribution in [3.63, 3.8) is 0 Å². The van der Waals surface area contributed by atoms with Crippen LogP contribution in [0, 0.1) is 0 Å². The van der Waals surface area contributed by atoms with Gasteiger partial charge in [-0.05, 0) is 68.2 Å². The first kappa shape index (κ1) is 70.3. The summed E-state index contributed by atoms with van der Waals surface area (Å²) in [6.45, 7) is 0.111. The van der Waals surface area contributed by atoms with Gasteiger partial charge in [0, 0.05) is 78.6 Å². The third kappa shape index (κ3) is 15.4. The number of unbranched alkanes of at least 4 members (excludes halogenated alkanes) is 4. The van der Waals surface area contributed by atoms with Crippen LogP contribution >= 0.6 is 12.0 Å². The average Bonchev–Trinajstić information content (AvgIpc) is 1.62. The summed E-state index contributed by atoms with van der Waals surface area (Å²) in [7, 11) is -15.9. The summed E-state index contributed by atoms with van der Waals surface area (Å²) < 4.78 is 145. The van der Waals surface area contributed by atoms with Crippen LogP contribution in [0.2, 0.25) is 0 Å². The number of aromatic nitrogens is 1. The van der Waals surface area contributed by atoms with Gasteiger partial charge in [-0.2, -0.15) is 8.90 Å². The zero-order valence-corrected chi connectivity index (χ0v) is 58.3. The molecule has 35 heteroatoms. The molecule has 436 valence electrons. The Morgan fingerprint density at radius 1 is 0.628 bits per heavy atom. The van der Waals surface area contributed by atoms with Crippen LogP contribution in [-0.2, 0) is 84.7 Å². The summed E-state index contributed by atoms with van der Waals surface area (Å²) in [5.41, 5.74) is -0.502. The second kappa shape index (κ2) is 29.4. The molecular weight excluding hydrogens is 1300 g/mol.